The number of benzene rings is 1. The molecule has 0 unspecified atom stereocenters. The molecule has 2 fully saturated rings. The van der Waals surface area contributed by atoms with Gasteiger partial charge < -0.3 is 9.94 Å². The first kappa shape index (κ1) is 18.7. The fourth-order valence-electron chi connectivity index (χ4n) is 3.51. The van der Waals surface area contributed by atoms with Crippen molar-refractivity contribution in [3.63, 3.8) is 0 Å². The second kappa shape index (κ2) is 10.2. The minimum atomic E-state index is 0.218. The van der Waals surface area contributed by atoms with Gasteiger partial charge in [-0.15, -0.1) is 5.16 Å². The highest BCUT2D eigenvalue weighted by Crippen LogP contribution is 2.26. The molecule has 1 N–H and O–H groups in total. The van der Waals surface area contributed by atoms with Gasteiger partial charge in [0.15, 0.2) is 5.43 Å². The van der Waals surface area contributed by atoms with Crippen LogP contribution in [0.5, 0.6) is 0 Å². The molecule has 0 aliphatic heterocycles. The maximum Gasteiger partial charge on any atom is 0.194 e. The molecule has 4 heteroatoms. The van der Waals surface area contributed by atoms with E-state index in [2.05, 4.69) is 11.9 Å². The number of fused-ring (bicyclic) bond motifs is 1. The van der Waals surface area contributed by atoms with E-state index >= 15 is 0 Å². The van der Waals surface area contributed by atoms with Crippen molar-refractivity contribution in [2.24, 2.45) is 5.16 Å². The predicted molar refractivity (Wildman–Crippen MR) is 98.8 cm³/mol. The SMILES string of the molecule is C1CCC(OC2CCCCC2)CC1.C=NO.O=c1c2ccccc12. The van der Waals surface area contributed by atoms with Crippen LogP contribution in [0.25, 0.3) is 10.8 Å². The van der Waals surface area contributed by atoms with E-state index in [1.54, 1.807) is 0 Å². The van der Waals surface area contributed by atoms with Crippen LogP contribution in [0.1, 0.15) is 64.2 Å². The molecule has 24 heavy (non-hydrogen) atoms. The number of ether oxygens (including phenoxy) is 1. The summed E-state index contributed by atoms with van der Waals surface area (Å²) in [6.07, 6.45) is 15.0. The molecule has 0 amide bonds. The van der Waals surface area contributed by atoms with Crippen LogP contribution in [0.15, 0.2) is 34.2 Å². The summed E-state index contributed by atoms with van der Waals surface area (Å²) in [7, 11) is 0. The lowest BCUT2D eigenvalue weighted by Crippen LogP contribution is -2.25. The first-order valence-electron chi connectivity index (χ1n) is 9.15. The molecule has 2 aliphatic carbocycles. The number of hydrogen-bond donors (Lipinski definition) is 1. The van der Waals surface area contributed by atoms with Gasteiger partial charge in [-0.05, 0) is 25.7 Å². The molecular formula is C20H29NO3. The molecule has 2 aromatic carbocycles. The van der Waals surface area contributed by atoms with Gasteiger partial charge in [0.05, 0.1) is 12.2 Å². The van der Waals surface area contributed by atoms with Gasteiger partial charge in [-0.1, -0.05) is 62.8 Å². The summed E-state index contributed by atoms with van der Waals surface area (Å²) in [6.45, 7) is 2.67. The number of hydrogen-bond acceptors (Lipinski definition) is 4. The van der Waals surface area contributed by atoms with Gasteiger partial charge in [0, 0.05) is 17.5 Å². The van der Waals surface area contributed by atoms with Crippen molar-refractivity contribution in [3.8, 4) is 0 Å². The van der Waals surface area contributed by atoms with E-state index in [1.165, 1.54) is 64.2 Å². The average Bonchev–Trinajstić information content (AvgIpc) is 3.29. The minimum Gasteiger partial charge on any atom is -0.411 e. The zero-order chi connectivity index (χ0) is 17.2. The molecule has 4 rings (SSSR count). The van der Waals surface area contributed by atoms with Gasteiger partial charge in [-0.3, -0.25) is 4.79 Å². The highest BCUT2D eigenvalue weighted by atomic mass is 16.5. The number of rotatable bonds is 2. The Morgan fingerprint density at radius 2 is 1.25 bits per heavy atom. The van der Waals surface area contributed by atoms with Gasteiger partial charge in [0.2, 0.25) is 0 Å². The lowest BCUT2D eigenvalue weighted by molar-refractivity contribution is -0.0450. The molecule has 2 aromatic rings. The Kier molecular flexibility index (Phi) is 7.96. The third-order valence-electron chi connectivity index (χ3n) is 4.84. The first-order chi connectivity index (χ1) is 11.8. The summed E-state index contributed by atoms with van der Waals surface area (Å²) < 4.78 is 6.13. The molecule has 132 valence electrons. The van der Waals surface area contributed by atoms with Crippen LogP contribution in [0.4, 0.5) is 0 Å². The Morgan fingerprint density at radius 3 is 1.58 bits per heavy atom. The monoisotopic (exact) mass is 331 g/mol. The molecule has 2 saturated carbocycles. The molecule has 0 atom stereocenters. The molecular weight excluding hydrogens is 302 g/mol. The van der Waals surface area contributed by atoms with Gasteiger partial charge in [0.25, 0.3) is 0 Å². The Labute approximate surface area is 144 Å². The van der Waals surface area contributed by atoms with E-state index < -0.39 is 0 Å². The fourth-order valence-corrected chi connectivity index (χ4v) is 3.51. The van der Waals surface area contributed by atoms with Crippen molar-refractivity contribution in [1.29, 1.82) is 0 Å². The topological polar surface area (TPSA) is 58.9 Å². The molecule has 2 aliphatic rings. The van der Waals surface area contributed by atoms with Crippen LogP contribution in [-0.4, -0.2) is 24.1 Å². The summed E-state index contributed by atoms with van der Waals surface area (Å²) in [5.41, 5.74) is 0.218. The largest absolute Gasteiger partial charge is 0.411 e. The van der Waals surface area contributed by atoms with Crippen molar-refractivity contribution < 1.29 is 9.94 Å². The van der Waals surface area contributed by atoms with Crippen LogP contribution in [-0.2, 0) is 4.74 Å². The second-order valence-electron chi connectivity index (χ2n) is 6.67. The summed E-state index contributed by atoms with van der Waals surface area (Å²) in [5.74, 6) is 0. The standard InChI is InChI=1S/C12H22O.C7H4O.CH3NO/c1-3-7-11(8-4-1)13-12-9-5-2-6-10-12;8-7-5-3-1-2-4-6(5)7;1-2-3/h11-12H,1-10H2;1-4H;3H,1H2. The summed E-state index contributed by atoms with van der Waals surface area (Å²) in [5, 5.41) is 11.1. The zero-order valence-electron chi connectivity index (χ0n) is 14.5. The van der Waals surface area contributed by atoms with Gasteiger partial charge in [0.1, 0.15) is 0 Å². The Morgan fingerprint density at radius 1 is 0.875 bits per heavy atom. The molecule has 0 heterocycles. The smallest absolute Gasteiger partial charge is 0.194 e. The van der Waals surface area contributed by atoms with E-state index in [1.807, 2.05) is 24.3 Å². The van der Waals surface area contributed by atoms with E-state index in [0.717, 1.165) is 10.8 Å². The quantitative estimate of drug-likeness (QED) is 0.487. The van der Waals surface area contributed by atoms with Crippen molar-refractivity contribution >= 4 is 17.5 Å². The van der Waals surface area contributed by atoms with E-state index in [-0.39, 0.29) is 5.43 Å². The van der Waals surface area contributed by atoms with Crippen LogP contribution >= 0.6 is 0 Å². The third kappa shape index (κ3) is 6.08. The van der Waals surface area contributed by atoms with Crippen LogP contribution in [0.2, 0.25) is 0 Å². The molecule has 0 aromatic heterocycles. The van der Waals surface area contributed by atoms with Crippen molar-refractivity contribution in [3.05, 3.63) is 34.5 Å². The fraction of sp³-hybridized carbons (Fsp3) is 0.600. The maximum absolute atomic E-state index is 10.5. The second-order valence-corrected chi connectivity index (χ2v) is 6.67. The van der Waals surface area contributed by atoms with Crippen LogP contribution < -0.4 is 5.43 Å². The Balaban J connectivity index is 0.000000161. The molecule has 4 nitrogen and oxygen atoms in total. The lowest BCUT2D eigenvalue weighted by atomic mass is 9.95. The molecule has 0 radical (unpaired) electrons. The summed E-state index contributed by atoms with van der Waals surface area (Å²) in [4.78, 5) is 10.5. The third-order valence-corrected chi connectivity index (χ3v) is 4.84. The molecule has 0 spiro atoms. The first-order valence-corrected chi connectivity index (χ1v) is 9.15. The maximum atomic E-state index is 10.5. The summed E-state index contributed by atoms with van der Waals surface area (Å²) >= 11 is 0. The van der Waals surface area contributed by atoms with Gasteiger partial charge in [-0.2, -0.15) is 0 Å². The van der Waals surface area contributed by atoms with E-state index in [0.29, 0.717) is 12.2 Å². The summed E-state index contributed by atoms with van der Waals surface area (Å²) in [6, 6.07) is 7.45. The zero-order valence-corrected chi connectivity index (χ0v) is 14.5. The van der Waals surface area contributed by atoms with E-state index in [4.69, 9.17) is 9.94 Å². The Hall–Kier alpha value is -1.68. The normalized spacial score (nSPS) is 19.2. The highest BCUT2D eigenvalue weighted by Gasteiger charge is 2.20. The minimum absolute atomic E-state index is 0.218. The van der Waals surface area contributed by atoms with Crippen LogP contribution in [0, 0.1) is 0 Å². The van der Waals surface area contributed by atoms with Crippen LogP contribution in [0.3, 0.4) is 0 Å². The Bertz CT molecular complexity index is 556. The molecule has 0 bridgehead atoms. The van der Waals surface area contributed by atoms with Crippen molar-refractivity contribution in [2.75, 3.05) is 0 Å². The highest BCUT2D eigenvalue weighted by molar-refractivity contribution is 5.96. The van der Waals surface area contributed by atoms with Gasteiger partial charge in [-0.25, -0.2) is 0 Å². The van der Waals surface area contributed by atoms with Gasteiger partial charge >= 0.3 is 0 Å². The number of nitrogens with zero attached hydrogens (tertiary/aromatic N) is 1. The predicted octanol–water partition coefficient (Wildman–Crippen LogP) is 4.82. The number of oxime groups is 1. The average molecular weight is 331 g/mol. The van der Waals surface area contributed by atoms with Crippen molar-refractivity contribution in [2.45, 2.75) is 76.4 Å². The molecule has 0 saturated heterocycles. The van der Waals surface area contributed by atoms with Crippen molar-refractivity contribution in [1.82, 2.24) is 0 Å². The lowest BCUT2D eigenvalue weighted by Gasteiger charge is -2.29. The van der Waals surface area contributed by atoms with E-state index in [9.17, 15) is 4.79 Å².